The van der Waals surface area contributed by atoms with Gasteiger partial charge in [-0.05, 0) is 18.6 Å². The summed E-state index contributed by atoms with van der Waals surface area (Å²) in [5.41, 5.74) is 0.443. The van der Waals surface area contributed by atoms with Crippen LogP contribution >= 0.6 is 11.6 Å². The highest BCUT2D eigenvalue weighted by Gasteiger charge is 2.23. The van der Waals surface area contributed by atoms with E-state index in [-0.39, 0.29) is 21.8 Å². The summed E-state index contributed by atoms with van der Waals surface area (Å²) in [5, 5.41) is 14.6. The highest BCUT2D eigenvalue weighted by atomic mass is 35.5. The smallest absolute Gasteiger partial charge is 0.132 e. The van der Waals surface area contributed by atoms with Crippen LogP contribution < -0.4 is 0 Å². The van der Waals surface area contributed by atoms with Gasteiger partial charge in [0, 0.05) is 18.7 Å². The molecule has 2 aromatic rings. The molecule has 1 heterocycles. The molecule has 0 amide bonds. The lowest BCUT2D eigenvalue weighted by Gasteiger charge is -2.16. The Kier molecular flexibility index (Phi) is 4.92. The fraction of sp³-hybridized carbons (Fsp3) is 0.357. The van der Waals surface area contributed by atoms with E-state index in [1.54, 1.807) is 0 Å². The van der Waals surface area contributed by atoms with Crippen molar-refractivity contribution in [2.24, 2.45) is 0 Å². The van der Waals surface area contributed by atoms with Crippen molar-refractivity contribution in [2.45, 2.75) is 19.6 Å². The highest BCUT2D eigenvalue weighted by Crippen LogP contribution is 2.30. The number of hydrogen-bond donors (Lipinski definition) is 1. The van der Waals surface area contributed by atoms with Gasteiger partial charge in [-0.1, -0.05) is 11.6 Å². The summed E-state index contributed by atoms with van der Waals surface area (Å²) >= 11 is 6.01. The van der Waals surface area contributed by atoms with E-state index in [0.717, 1.165) is 6.07 Å². The van der Waals surface area contributed by atoms with Gasteiger partial charge in [0.25, 0.3) is 0 Å². The second kappa shape index (κ2) is 6.51. The first kappa shape index (κ1) is 15.9. The number of aryl methyl sites for hydroxylation is 1. The Balaban J connectivity index is 2.42. The van der Waals surface area contributed by atoms with Crippen LogP contribution in [0.2, 0.25) is 5.02 Å². The van der Waals surface area contributed by atoms with Crippen molar-refractivity contribution < 1.29 is 18.6 Å². The maximum atomic E-state index is 13.9. The number of methoxy groups -OCH3 is 1. The molecule has 1 unspecified atom stereocenters. The Morgan fingerprint density at radius 1 is 1.38 bits per heavy atom. The van der Waals surface area contributed by atoms with Crippen molar-refractivity contribution in [1.29, 1.82) is 0 Å². The van der Waals surface area contributed by atoms with E-state index in [9.17, 15) is 13.9 Å². The normalized spacial score (nSPS) is 12.7. The SMILES string of the molecule is COCCn1ncc(Cl)c1C(O)c1cc(C)c(F)cc1F. The van der Waals surface area contributed by atoms with Gasteiger partial charge in [-0.25, -0.2) is 8.78 Å². The maximum absolute atomic E-state index is 13.9. The average Bonchev–Trinajstić information content (AvgIpc) is 2.81. The molecule has 0 fully saturated rings. The van der Waals surface area contributed by atoms with Crippen molar-refractivity contribution >= 4 is 11.6 Å². The number of aliphatic hydroxyl groups is 1. The van der Waals surface area contributed by atoms with Crippen LogP contribution in [0.25, 0.3) is 0 Å². The number of rotatable bonds is 5. The highest BCUT2D eigenvalue weighted by molar-refractivity contribution is 6.31. The van der Waals surface area contributed by atoms with E-state index in [4.69, 9.17) is 16.3 Å². The minimum absolute atomic E-state index is 0.0463. The monoisotopic (exact) mass is 316 g/mol. The number of benzene rings is 1. The average molecular weight is 317 g/mol. The van der Waals surface area contributed by atoms with Gasteiger partial charge in [0.2, 0.25) is 0 Å². The largest absolute Gasteiger partial charge is 0.383 e. The van der Waals surface area contributed by atoms with Crippen LogP contribution in [0, 0.1) is 18.6 Å². The Hall–Kier alpha value is -1.50. The molecular formula is C14H15ClF2N2O2. The summed E-state index contributed by atoms with van der Waals surface area (Å²) in [6.07, 6.45) is 0.0282. The predicted molar refractivity (Wildman–Crippen MR) is 74.3 cm³/mol. The Bertz CT molecular complexity index is 646. The molecule has 0 bridgehead atoms. The van der Waals surface area contributed by atoms with Gasteiger partial charge in [-0.15, -0.1) is 0 Å². The second-order valence-corrected chi connectivity index (χ2v) is 5.03. The van der Waals surface area contributed by atoms with Gasteiger partial charge < -0.3 is 9.84 Å². The third-order valence-electron chi connectivity index (χ3n) is 3.17. The van der Waals surface area contributed by atoms with Crippen LogP contribution in [0.4, 0.5) is 8.78 Å². The van der Waals surface area contributed by atoms with Gasteiger partial charge in [0.05, 0.1) is 30.1 Å². The Morgan fingerprint density at radius 2 is 2.10 bits per heavy atom. The van der Waals surface area contributed by atoms with E-state index in [1.807, 2.05) is 0 Å². The van der Waals surface area contributed by atoms with Crippen LogP contribution in [-0.4, -0.2) is 28.6 Å². The third kappa shape index (κ3) is 3.23. The van der Waals surface area contributed by atoms with Crippen LogP contribution in [0.1, 0.15) is 22.9 Å². The second-order valence-electron chi connectivity index (χ2n) is 4.62. The molecule has 2 rings (SSSR count). The molecule has 0 saturated carbocycles. The zero-order chi connectivity index (χ0) is 15.6. The molecule has 0 aliphatic rings. The fourth-order valence-corrected chi connectivity index (χ4v) is 2.28. The maximum Gasteiger partial charge on any atom is 0.132 e. The molecule has 0 aliphatic heterocycles. The lowest BCUT2D eigenvalue weighted by molar-refractivity contribution is 0.170. The summed E-state index contributed by atoms with van der Waals surface area (Å²) < 4.78 is 33.6. The number of aliphatic hydroxyl groups excluding tert-OH is 1. The van der Waals surface area contributed by atoms with Gasteiger partial charge in [-0.2, -0.15) is 5.10 Å². The molecular weight excluding hydrogens is 302 g/mol. The van der Waals surface area contributed by atoms with E-state index in [1.165, 1.54) is 31.0 Å². The van der Waals surface area contributed by atoms with Crippen LogP contribution in [-0.2, 0) is 11.3 Å². The predicted octanol–water partition coefficient (Wildman–Crippen LogP) is 2.85. The molecule has 114 valence electrons. The summed E-state index contributed by atoms with van der Waals surface area (Å²) in [4.78, 5) is 0. The molecule has 1 atom stereocenters. The number of halogens is 3. The lowest BCUT2D eigenvalue weighted by Crippen LogP contribution is -2.14. The quantitative estimate of drug-likeness (QED) is 0.922. The van der Waals surface area contributed by atoms with Crippen molar-refractivity contribution in [3.8, 4) is 0 Å². The van der Waals surface area contributed by atoms with E-state index in [2.05, 4.69) is 5.10 Å². The first-order valence-electron chi connectivity index (χ1n) is 6.29. The molecule has 0 radical (unpaired) electrons. The molecule has 0 spiro atoms. The van der Waals surface area contributed by atoms with Crippen molar-refractivity contribution in [3.63, 3.8) is 0 Å². The molecule has 0 aliphatic carbocycles. The molecule has 4 nitrogen and oxygen atoms in total. The first-order chi connectivity index (χ1) is 9.95. The van der Waals surface area contributed by atoms with Gasteiger partial charge in [0.1, 0.15) is 17.7 Å². The topological polar surface area (TPSA) is 47.3 Å². The van der Waals surface area contributed by atoms with Gasteiger partial charge in [-0.3, -0.25) is 4.68 Å². The van der Waals surface area contributed by atoms with Crippen LogP contribution in [0.15, 0.2) is 18.3 Å². The number of nitrogens with zero attached hydrogens (tertiary/aromatic N) is 2. The van der Waals surface area contributed by atoms with E-state index < -0.39 is 17.7 Å². The number of hydrogen-bond acceptors (Lipinski definition) is 3. The molecule has 7 heteroatoms. The van der Waals surface area contributed by atoms with Crippen LogP contribution in [0.3, 0.4) is 0 Å². The first-order valence-corrected chi connectivity index (χ1v) is 6.67. The minimum atomic E-state index is -1.34. The molecule has 0 saturated heterocycles. The Labute approximate surface area is 125 Å². The van der Waals surface area contributed by atoms with Crippen molar-refractivity contribution in [2.75, 3.05) is 13.7 Å². The van der Waals surface area contributed by atoms with Gasteiger partial charge >= 0.3 is 0 Å². The Morgan fingerprint density at radius 3 is 2.76 bits per heavy atom. The zero-order valence-corrected chi connectivity index (χ0v) is 12.4. The molecule has 1 aromatic carbocycles. The summed E-state index contributed by atoms with van der Waals surface area (Å²) in [7, 11) is 1.53. The number of aromatic nitrogens is 2. The summed E-state index contributed by atoms with van der Waals surface area (Å²) in [5.74, 6) is -1.50. The van der Waals surface area contributed by atoms with E-state index >= 15 is 0 Å². The van der Waals surface area contributed by atoms with Gasteiger partial charge in [0.15, 0.2) is 0 Å². The molecule has 21 heavy (non-hydrogen) atoms. The summed E-state index contributed by atoms with van der Waals surface area (Å²) in [6, 6.07) is 2.01. The lowest BCUT2D eigenvalue weighted by atomic mass is 10.0. The zero-order valence-electron chi connectivity index (χ0n) is 11.6. The molecule has 1 N–H and O–H groups in total. The molecule has 1 aromatic heterocycles. The minimum Gasteiger partial charge on any atom is -0.383 e. The van der Waals surface area contributed by atoms with Crippen molar-refractivity contribution in [3.05, 3.63) is 51.8 Å². The van der Waals surface area contributed by atoms with Crippen LogP contribution in [0.5, 0.6) is 0 Å². The summed E-state index contributed by atoms with van der Waals surface area (Å²) in [6.45, 7) is 2.22. The third-order valence-corrected chi connectivity index (χ3v) is 3.46. The van der Waals surface area contributed by atoms with Crippen molar-refractivity contribution in [1.82, 2.24) is 9.78 Å². The van der Waals surface area contributed by atoms with E-state index in [0.29, 0.717) is 13.2 Å². The standard InChI is InChI=1S/C14H15ClF2N2O2/c1-8-5-9(12(17)6-11(8)16)14(20)13-10(15)7-18-19(13)3-4-21-2/h5-7,14,20H,3-4H2,1-2H3. The number of ether oxygens (including phenoxy) is 1. The fourth-order valence-electron chi connectivity index (χ4n) is 2.04.